The number of hydrogen-bond donors (Lipinski definition) is 1. The molecule has 0 bridgehead atoms. The fourth-order valence-corrected chi connectivity index (χ4v) is 2.63. The second-order valence-corrected chi connectivity index (χ2v) is 4.92. The molecule has 0 amide bonds. The fraction of sp³-hybridized carbons (Fsp3) is 1.00. The second kappa shape index (κ2) is 5.72. The molecule has 1 rings (SSSR count). The molecular formula is C12H26N2. The summed E-state index contributed by atoms with van der Waals surface area (Å²) in [5.74, 6) is 1.77. The van der Waals surface area contributed by atoms with Crippen molar-refractivity contribution in [2.45, 2.75) is 39.2 Å². The zero-order chi connectivity index (χ0) is 10.6. The molecule has 2 heteroatoms. The van der Waals surface area contributed by atoms with Crippen molar-refractivity contribution in [2.75, 3.05) is 27.2 Å². The number of rotatable bonds is 4. The quantitative estimate of drug-likeness (QED) is 0.743. The highest BCUT2D eigenvalue weighted by atomic mass is 15.1. The molecule has 0 aromatic rings. The lowest BCUT2D eigenvalue weighted by Gasteiger charge is -2.39. The van der Waals surface area contributed by atoms with Crippen molar-refractivity contribution in [3.63, 3.8) is 0 Å². The molecule has 0 spiro atoms. The summed E-state index contributed by atoms with van der Waals surface area (Å²) in [6.45, 7) is 7.11. The molecule has 1 saturated carbocycles. The first-order valence-corrected chi connectivity index (χ1v) is 6.01. The van der Waals surface area contributed by atoms with Gasteiger partial charge in [0.05, 0.1) is 0 Å². The summed E-state index contributed by atoms with van der Waals surface area (Å²) in [5.41, 5.74) is 0. The molecule has 0 heterocycles. The summed E-state index contributed by atoms with van der Waals surface area (Å²) < 4.78 is 0. The maximum atomic E-state index is 3.22. The van der Waals surface area contributed by atoms with Crippen molar-refractivity contribution in [3.05, 3.63) is 0 Å². The van der Waals surface area contributed by atoms with Crippen LogP contribution in [0, 0.1) is 11.8 Å². The Labute approximate surface area is 89.1 Å². The third-order valence-electron chi connectivity index (χ3n) is 3.94. The van der Waals surface area contributed by atoms with E-state index in [1.807, 2.05) is 7.05 Å². The molecule has 3 atom stereocenters. The van der Waals surface area contributed by atoms with Crippen LogP contribution < -0.4 is 5.32 Å². The first kappa shape index (κ1) is 12.0. The Morgan fingerprint density at radius 3 is 2.64 bits per heavy atom. The van der Waals surface area contributed by atoms with E-state index in [1.54, 1.807) is 0 Å². The van der Waals surface area contributed by atoms with Gasteiger partial charge in [0.1, 0.15) is 0 Å². The van der Waals surface area contributed by atoms with Gasteiger partial charge in [-0.15, -0.1) is 0 Å². The summed E-state index contributed by atoms with van der Waals surface area (Å²) in [7, 11) is 4.30. The highest BCUT2D eigenvalue weighted by Gasteiger charge is 2.29. The molecule has 2 nitrogen and oxygen atoms in total. The van der Waals surface area contributed by atoms with E-state index in [0.717, 1.165) is 24.4 Å². The average Bonchev–Trinajstić information content (AvgIpc) is 2.18. The Balaban J connectivity index is 2.40. The van der Waals surface area contributed by atoms with Crippen LogP contribution in [0.15, 0.2) is 0 Å². The van der Waals surface area contributed by atoms with E-state index in [-0.39, 0.29) is 0 Å². The first-order chi connectivity index (χ1) is 6.66. The van der Waals surface area contributed by atoms with Crippen molar-refractivity contribution < 1.29 is 0 Å². The standard InChI is InChI=1S/C12H26N2/c1-10-6-5-7-12(11(10)2)14(4)9-8-13-3/h10-13H,5-9H2,1-4H3. The molecule has 84 valence electrons. The molecule has 0 aromatic carbocycles. The molecule has 3 unspecified atom stereocenters. The number of nitrogens with one attached hydrogen (secondary N) is 1. The van der Waals surface area contributed by atoms with Crippen LogP contribution in [0.5, 0.6) is 0 Å². The molecule has 1 aliphatic carbocycles. The Morgan fingerprint density at radius 2 is 2.00 bits per heavy atom. The van der Waals surface area contributed by atoms with Crippen LogP contribution in [0.4, 0.5) is 0 Å². The lowest BCUT2D eigenvalue weighted by atomic mass is 9.77. The molecule has 0 aromatic heterocycles. The minimum Gasteiger partial charge on any atom is -0.318 e. The topological polar surface area (TPSA) is 15.3 Å². The summed E-state index contributed by atoms with van der Waals surface area (Å²) >= 11 is 0. The van der Waals surface area contributed by atoms with Gasteiger partial charge < -0.3 is 10.2 Å². The molecular weight excluding hydrogens is 172 g/mol. The first-order valence-electron chi connectivity index (χ1n) is 6.01. The third-order valence-corrected chi connectivity index (χ3v) is 3.94. The Hall–Kier alpha value is -0.0800. The van der Waals surface area contributed by atoms with E-state index >= 15 is 0 Å². The van der Waals surface area contributed by atoms with Crippen molar-refractivity contribution in [1.29, 1.82) is 0 Å². The largest absolute Gasteiger partial charge is 0.318 e. The van der Waals surface area contributed by atoms with Gasteiger partial charge in [-0.3, -0.25) is 0 Å². The maximum absolute atomic E-state index is 3.22. The van der Waals surface area contributed by atoms with Gasteiger partial charge in [0.15, 0.2) is 0 Å². The van der Waals surface area contributed by atoms with Crippen LogP contribution in [0.1, 0.15) is 33.1 Å². The van der Waals surface area contributed by atoms with Gasteiger partial charge in [-0.25, -0.2) is 0 Å². The van der Waals surface area contributed by atoms with Crippen LogP contribution in [0.2, 0.25) is 0 Å². The average molecular weight is 198 g/mol. The lowest BCUT2D eigenvalue weighted by Crippen LogP contribution is -2.44. The molecule has 1 N–H and O–H groups in total. The molecule has 1 fully saturated rings. The van der Waals surface area contributed by atoms with Gasteiger partial charge in [-0.1, -0.05) is 26.7 Å². The van der Waals surface area contributed by atoms with Crippen LogP contribution >= 0.6 is 0 Å². The van der Waals surface area contributed by atoms with E-state index in [4.69, 9.17) is 0 Å². The summed E-state index contributed by atoms with van der Waals surface area (Å²) in [5, 5.41) is 3.22. The second-order valence-electron chi connectivity index (χ2n) is 4.92. The lowest BCUT2D eigenvalue weighted by molar-refractivity contribution is 0.104. The van der Waals surface area contributed by atoms with Crippen LogP contribution in [0.25, 0.3) is 0 Å². The van der Waals surface area contributed by atoms with Crippen LogP contribution in [0.3, 0.4) is 0 Å². The SMILES string of the molecule is CNCCN(C)C1CCCC(C)C1C. The Bertz CT molecular complexity index is 158. The van der Waals surface area contributed by atoms with Gasteiger partial charge >= 0.3 is 0 Å². The number of hydrogen-bond acceptors (Lipinski definition) is 2. The maximum Gasteiger partial charge on any atom is 0.0121 e. The van der Waals surface area contributed by atoms with E-state index in [9.17, 15) is 0 Å². The summed E-state index contributed by atoms with van der Waals surface area (Å²) in [4.78, 5) is 2.54. The third kappa shape index (κ3) is 2.96. The molecule has 0 saturated heterocycles. The molecule has 0 radical (unpaired) electrons. The van der Waals surface area contributed by atoms with Crippen molar-refractivity contribution in [1.82, 2.24) is 10.2 Å². The molecule has 1 aliphatic rings. The van der Waals surface area contributed by atoms with E-state index in [0.29, 0.717) is 0 Å². The van der Waals surface area contributed by atoms with Gasteiger partial charge in [-0.05, 0) is 32.4 Å². The van der Waals surface area contributed by atoms with E-state index < -0.39 is 0 Å². The summed E-state index contributed by atoms with van der Waals surface area (Å²) in [6.07, 6.45) is 4.24. The van der Waals surface area contributed by atoms with Crippen LogP contribution in [-0.2, 0) is 0 Å². The Kier molecular flexibility index (Phi) is 4.90. The fourth-order valence-electron chi connectivity index (χ4n) is 2.63. The van der Waals surface area contributed by atoms with Gasteiger partial charge in [-0.2, -0.15) is 0 Å². The monoisotopic (exact) mass is 198 g/mol. The van der Waals surface area contributed by atoms with E-state index in [2.05, 4.69) is 31.1 Å². The van der Waals surface area contributed by atoms with Crippen molar-refractivity contribution >= 4 is 0 Å². The van der Waals surface area contributed by atoms with Gasteiger partial charge in [0.2, 0.25) is 0 Å². The van der Waals surface area contributed by atoms with Crippen LogP contribution in [-0.4, -0.2) is 38.1 Å². The zero-order valence-electron chi connectivity index (χ0n) is 10.2. The minimum atomic E-state index is 0.812. The van der Waals surface area contributed by atoms with Gasteiger partial charge in [0.25, 0.3) is 0 Å². The van der Waals surface area contributed by atoms with Crippen molar-refractivity contribution in [3.8, 4) is 0 Å². The summed E-state index contributed by atoms with van der Waals surface area (Å²) in [6, 6.07) is 0.812. The highest BCUT2D eigenvalue weighted by Crippen LogP contribution is 2.31. The Morgan fingerprint density at radius 1 is 1.29 bits per heavy atom. The smallest absolute Gasteiger partial charge is 0.0121 e. The molecule has 14 heavy (non-hydrogen) atoms. The minimum absolute atomic E-state index is 0.812. The predicted molar refractivity (Wildman–Crippen MR) is 62.5 cm³/mol. The van der Waals surface area contributed by atoms with Crippen molar-refractivity contribution in [2.24, 2.45) is 11.8 Å². The number of likely N-dealkylation sites (N-methyl/N-ethyl adjacent to an activating group) is 2. The number of nitrogens with zero attached hydrogens (tertiary/aromatic N) is 1. The zero-order valence-corrected chi connectivity index (χ0v) is 10.2. The van der Waals surface area contributed by atoms with Gasteiger partial charge in [0, 0.05) is 19.1 Å². The predicted octanol–water partition coefficient (Wildman–Crippen LogP) is 1.96. The normalized spacial score (nSPS) is 33.6. The molecule has 0 aliphatic heterocycles. The highest BCUT2D eigenvalue weighted by molar-refractivity contribution is 4.83. The van der Waals surface area contributed by atoms with E-state index in [1.165, 1.54) is 25.8 Å².